The van der Waals surface area contributed by atoms with Gasteiger partial charge in [0.25, 0.3) is 10.0 Å². The Hall–Kier alpha value is -2.02. The second-order valence-corrected chi connectivity index (χ2v) is 5.13. The van der Waals surface area contributed by atoms with Gasteiger partial charge in [0.2, 0.25) is 5.95 Å². The van der Waals surface area contributed by atoms with Crippen molar-refractivity contribution in [2.24, 2.45) is 0 Å². The van der Waals surface area contributed by atoms with Crippen LogP contribution in [0.15, 0.2) is 41.6 Å². The van der Waals surface area contributed by atoms with Gasteiger partial charge in [0.15, 0.2) is 0 Å². The Morgan fingerprint density at radius 3 is 2.61 bits per heavy atom. The van der Waals surface area contributed by atoms with E-state index in [2.05, 4.69) is 14.7 Å². The van der Waals surface area contributed by atoms with Crippen LogP contribution in [0.4, 0.5) is 5.95 Å². The topological polar surface area (TPSA) is 84.1 Å². The van der Waals surface area contributed by atoms with E-state index in [1.54, 1.807) is 12.1 Å². The fourth-order valence-electron chi connectivity index (χ4n) is 1.39. The number of hydrogen-bond acceptors (Lipinski definition) is 4. The Morgan fingerprint density at radius 1 is 1.33 bits per heavy atom. The molecule has 0 aliphatic heterocycles. The molecular weight excluding hydrogens is 254 g/mol. The molecule has 1 aromatic carbocycles. The van der Waals surface area contributed by atoms with Gasteiger partial charge in [0, 0.05) is 12.4 Å². The predicted octanol–water partition coefficient (Wildman–Crippen LogP) is 1.61. The van der Waals surface area contributed by atoms with Gasteiger partial charge in [-0.2, -0.15) is 0 Å². The number of H-pyrrole nitrogens is 1. The smallest absolute Gasteiger partial charge is 0.264 e. The number of rotatable bonds is 5. The number of anilines is 1. The summed E-state index contributed by atoms with van der Waals surface area (Å²) in [6, 6.07) is 6.19. The van der Waals surface area contributed by atoms with E-state index in [1.807, 2.05) is 6.92 Å². The second-order valence-electron chi connectivity index (χ2n) is 3.45. The maximum absolute atomic E-state index is 12.0. The SMILES string of the molecule is CCOc1ccc(S(=O)(=O)Nc2ncc[nH]2)cc1. The van der Waals surface area contributed by atoms with Gasteiger partial charge >= 0.3 is 0 Å². The minimum atomic E-state index is -3.61. The fourth-order valence-corrected chi connectivity index (χ4v) is 2.37. The van der Waals surface area contributed by atoms with Gasteiger partial charge in [-0.05, 0) is 31.2 Å². The Labute approximate surface area is 105 Å². The number of nitrogens with one attached hydrogen (secondary N) is 2. The van der Waals surface area contributed by atoms with Crippen LogP contribution in [0.3, 0.4) is 0 Å². The predicted molar refractivity (Wildman–Crippen MR) is 67.0 cm³/mol. The van der Waals surface area contributed by atoms with Crippen molar-refractivity contribution in [3.05, 3.63) is 36.7 Å². The van der Waals surface area contributed by atoms with Crippen molar-refractivity contribution in [3.63, 3.8) is 0 Å². The van der Waals surface area contributed by atoms with E-state index < -0.39 is 10.0 Å². The summed E-state index contributed by atoms with van der Waals surface area (Å²) in [5.41, 5.74) is 0. The van der Waals surface area contributed by atoms with Gasteiger partial charge in [-0.3, -0.25) is 0 Å². The zero-order chi connectivity index (χ0) is 13.0. The Morgan fingerprint density at radius 2 is 2.06 bits per heavy atom. The number of imidazole rings is 1. The number of nitrogens with zero attached hydrogens (tertiary/aromatic N) is 1. The summed E-state index contributed by atoms with van der Waals surface area (Å²) in [5, 5.41) is 0. The molecule has 0 atom stereocenters. The third-order valence-corrected chi connectivity index (χ3v) is 3.53. The van der Waals surface area contributed by atoms with Crippen LogP contribution in [-0.2, 0) is 10.0 Å². The van der Waals surface area contributed by atoms with Crippen LogP contribution >= 0.6 is 0 Å². The third kappa shape index (κ3) is 2.80. The third-order valence-electron chi connectivity index (χ3n) is 2.17. The molecule has 2 rings (SSSR count). The number of aromatic nitrogens is 2. The molecule has 0 spiro atoms. The minimum absolute atomic E-state index is 0.155. The largest absolute Gasteiger partial charge is 0.494 e. The quantitative estimate of drug-likeness (QED) is 0.862. The highest BCUT2D eigenvalue weighted by Gasteiger charge is 2.14. The van der Waals surface area contributed by atoms with Crippen molar-refractivity contribution >= 4 is 16.0 Å². The Balaban J connectivity index is 2.19. The van der Waals surface area contributed by atoms with Crippen LogP contribution in [0.2, 0.25) is 0 Å². The highest BCUT2D eigenvalue weighted by Crippen LogP contribution is 2.17. The zero-order valence-corrected chi connectivity index (χ0v) is 10.6. The molecule has 1 aromatic heterocycles. The van der Waals surface area contributed by atoms with Crippen molar-refractivity contribution in [1.82, 2.24) is 9.97 Å². The molecule has 0 radical (unpaired) electrons. The maximum atomic E-state index is 12.0. The van der Waals surface area contributed by atoms with Crippen molar-refractivity contribution in [1.29, 1.82) is 0 Å². The molecule has 2 aromatic rings. The van der Waals surface area contributed by atoms with Crippen molar-refractivity contribution in [2.45, 2.75) is 11.8 Å². The van der Waals surface area contributed by atoms with Crippen LogP contribution in [0, 0.1) is 0 Å². The highest BCUT2D eigenvalue weighted by atomic mass is 32.2. The summed E-state index contributed by atoms with van der Waals surface area (Å²) in [4.78, 5) is 6.63. The first kappa shape index (κ1) is 12.4. The molecule has 2 N–H and O–H groups in total. The van der Waals surface area contributed by atoms with E-state index in [0.29, 0.717) is 12.4 Å². The van der Waals surface area contributed by atoms with E-state index in [9.17, 15) is 8.42 Å². The van der Waals surface area contributed by atoms with E-state index in [4.69, 9.17) is 4.74 Å². The lowest BCUT2D eigenvalue weighted by Gasteiger charge is -2.06. The maximum Gasteiger partial charge on any atom is 0.264 e. The first-order chi connectivity index (χ1) is 8.62. The van der Waals surface area contributed by atoms with Crippen LogP contribution in [0.1, 0.15) is 6.92 Å². The summed E-state index contributed by atoms with van der Waals surface area (Å²) in [5.74, 6) is 0.818. The molecule has 0 aliphatic rings. The second kappa shape index (κ2) is 5.09. The molecule has 1 heterocycles. The average Bonchev–Trinajstić information content (AvgIpc) is 2.82. The number of ether oxygens (including phenoxy) is 1. The lowest BCUT2D eigenvalue weighted by atomic mass is 10.3. The average molecular weight is 267 g/mol. The van der Waals surface area contributed by atoms with Crippen molar-refractivity contribution in [3.8, 4) is 5.75 Å². The first-order valence-electron chi connectivity index (χ1n) is 5.37. The van der Waals surface area contributed by atoms with Gasteiger partial charge in [-0.1, -0.05) is 0 Å². The summed E-state index contributed by atoms with van der Waals surface area (Å²) >= 11 is 0. The van der Waals surface area contributed by atoms with E-state index >= 15 is 0 Å². The highest BCUT2D eigenvalue weighted by molar-refractivity contribution is 7.92. The molecule has 0 bridgehead atoms. The zero-order valence-electron chi connectivity index (χ0n) is 9.75. The minimum Gasteiger partial charge on any atom is -0.494 e. The molecule has 0 fully saturated rings. The molecule has 18 heavy (non-hydrogen) atoms. The normalized spacial score (nSPS) is 11.2. The van der Waals surface area contributed by atoms with Gasteiger partial charge in [-0.25, -0.2) is 18.1 Å². The molecular formula is C11H13N3O3S. The number of sulfonamides is 1. The molecule has 96 valence electrons. The van der Waals surface area contributed by atoms with Crippen LogP contribution in [0.5, 0.6) is 5.75 Å². The first-order valence-corrected chi connectivity index (χ1v) is 6.85. The summed E-state index contributed by atoms with van der Waals surface area (Å²) in [6.45, 7) is 2.40. The molecule has 0 saturated heterocycles. The monoisotopic (exact) mass is 267 g/mol. The van der Waals surface area contributed by atoms with Crippen molar-refractivity contribution < 1.29 is 13.2 Å². The number of aromatic amines is 1. The lowest BCUT2D eigenvalue weighted by molar-refractivity contribution is 0.340. The van der Waals surface area contributed by atoms with Crippen molar-refractivity contribution in [2.75, 3.05) is 11.3 Å². The van der Waals surface area contributed by atoms with Crippen LogP contribution in [0.25, 0.3) is 0 Å². The van der Waals surface area contributed by atoms with Gasteiger partial charge in [0.1, 0.15) is 5.75 Å². The van der Waals surface area contributed by atoms with E-state index in [0.717, 1.165) is 0 Å². The summed E-state index contributed by atoms with van der Waals surface area (Å²) in [7, 11) is -3.61. The molecule has 0 amide bonds. The number of benzene rings is 1. The fraction of sp³-hybridized carbons (Fsp3) is 0.182. The summed E-state index contributed by atoms with van der Waals surface area (Å²) in [6.07, 6.45) is 3.01. The summed E-state index contributed by atoms with van der Waals surface area (Å²) < 4.78 is 31.5. The van der Waals surface area contributed by atoms with Gasteiger partial charge in [0.05, 0.1) is 11.5 Å². The molecule has 6 nitrogen and oxygen atoms in total. The number of hydrogen-bond donors (Lipinski definition) is 2. The molecule has 7 heteroatoms. The Kier molecular flexibility index (Phi) is 3.52. The molecule has 0 unspecified atom stereocenters. The standard InChI is InChI=1S/C11H13N3O3S/c1-2-17-9-3-5-10(6-4-9)18(15,16)14-11-12-7-8-13-11/h3-8H,2H2,1H3,(H2,12,13,14). The van der Waals surface area contributed by atoms with E-state index in [-0.39, 0.29) is 10.8 Å². The van der Waals surface area contributed by atoms with Crippen LogP contribution < -0.4 is 9.46 Å². The Bertz CT molecular complexity index is 591. The molecule has 0 saturated carbocycles. The van der Waals surface area contributed by atoms with E-state index in [1.165, 1.54) is 24.5 Å². The van der Waals surface area contributed by atoms with Gasteiger partial charge in [-0.15, -0.1) is 0 Å². The van der Waals surface area contributed by atoms with Crippen LogP contribution in [-0.4, -0.2) is 25.0 Å². The molecule has 0 aliphatic carbocycles. The lowest BCUT2D eigenvalue weighted by Crippen LogP contribution is -2.13. The van der Waals surface area contributed by atoms with Gasteiger partial charge < -0.3 is 9.72 Å².